The molecule has 0 radical (unpaired) electrons. The van der Waals surface area contributed by atoms with Gasteiger partial charge in [-0.05, 0) is 32.9 Å². The first-order valence-corrected chi connectivity index (χ1v) is 7.96. The molecule has 0 spiro atoms. The summed E-state index contributed by atoms with van der Waals surface area (Å²) in [5.41, 5.74) is 0.923. The second-order valence-electron chi connectivity index (χ2n) is 5.75. The predicted octanol–water partition coefficient (Wildman–Crippen LogP) is 1.37. The molecule has 0 aliphatic carbocycles. The summed E-state index contributed by atoms with van der Waals surface area (Å²) >= 11 is 0. The van der Waals surface area contributed by atoms with Crippen LogP contribution in [0.3, 0.4) is 0 Å². The molecular formula is C14H22N4OS. The van der Waals surface area contributed by atoms with E-state index in [1.807, 2.05) is 32.9 Å². The first kappa shape index (κ1) is 15.1. The molecule has 6 heteroatoms. The van der Waals surface area contributed by atoms with Crippen LogP contribution in [0.15, 0.2) is 22.7 Å². The fourth-order valence-electron chi connectivity index (χ4n) is 1.91. The second kappa shape index (κ2) is 6.45. The monoisotopic (exact) mass is 294 g/mol. The average Bonchev–Trinajstić information content (AvgIpc) is 2.45. The van der Waals surface area contributed by atoms with Gasteiger partial charge in [0.1, 0.15) is 16.8 Å². The number of hydrogen-bond donors (Lipinski definition) is 1. The van der Waals surface area contributed by atoms with Gasteiger partial charge in [0.25, 0.3) is 0 Å². The summed E-state index contributed by atoms with van der Waals surface area (Å²) in [6.45, 7) is 9.53. The van der Waals surface area contributed by atoms with E-state index in [1.165, 1.54) is 0 Å². The fraction of sp³-hybridized carbons (Fsp3) is 0.571. The molecule has 1 saturated heterocycles. The van der Waals surface area contributed by atoms with Crippen molar-refractivity contribution in [1.29, 1.82) is 0 Å². The molecule has 1 N–H and O–H groups in total. The second-order valence-corrected chi connectivity index (χ2v) is 7.68. The van der Waals surface area contributed by atoms with E-state index in [4.69, 9.17) is 0 Å². The molecule has 1 atom stereocenters. The molecular weight excluding hydrogens is 272 g/mol. The Hall–Kier alpha value is -1.27. The molecule has 0 aromatic carbocycles. The Morgan fingerprint density at radius 2 is 2.10 bits per heavy atom. The van der Waals surface area contributed by atoms with Gasteiger partial charge in [-0.1, -0.05) is 0 Å². The Labute approximate surface area is 123 Å². The van der Waals surface area contributed by atoms with E-state index in [9.17, 15) is 4.21 Å². The van der Waals surface area contributed by atoms with Gasteiger partial charge in [0.15, 0.2) is 0 Å². The first-order valence-electron chi connectivity index (χ1n) is 6.85. The van der Waals surface area contributed by atoms with Gasteiger partial charge in [-0.2, -0.15) is 4.40 Å². The Morgan fingerprint density at radius 3 is 2.75 bits per heavy atom. The van der Waals surface area contributed by atoms with E-state index in [-0.39, 0.29) is 4.75 Å². The molecule has 1 aromatic rings. The maximum absolute atomic E-state index is 12.0. The molecule has 1 aliphatic rings. The molecule has 20 heavy (non-hydrogen) atoms. The molecule has 0 bridgehead atoms. The molecule has 1 aromatic heterocycles. The number of nitrogens with zero attached hydrogens (tertiary/aromatic N) is 3. The van der Waals surface area contributed by atoms with E-state index in [2.05, 4.69) is 19.6 Å². The standard InChI is InChI=1S/C14H22N4OS/c1-14(2,3)20(19)17-11-12-5-4-6-16-13(12)18-9-7-15-8-10-18/h4-6,11,15H,7-10H2,1-3H3/b17-11+. The van der Waals surface area contributed by atoms with Crippen LogP contribution in [0.2, 0.25) is 0 Å². The molecule has 110 valence electrons. The Morgan fingerprint density at radius 1 is 1.40 bits per heavy atom. The zero-order valence-corrected chi connectivity index (χ0v) is 13.1. The first-order chi connectivity index (χ1) is 9.48. The number of piperazine rings is 1. The lowest BCUT2D eigenvalue weighted by Crippen LogP contribution is -2.44. The lowest BCUT2D eigenvalue weighted by atomic mass is 10.2. The largest absolute Gasteiger partial charge is 0.354 e. The Kier molecular flexibility index (Phi) is 4.88. The van der Waals surface area contributed by atoms with Gasteiger partial charge in [0, 0.05) is 44.2 Å². The minimum atomic E-state index is -1.24. The van der Waals surface area contributed by atoms with E-state index in [1.54, 1.807) is 12.4 Å². The third-order valence-corrected chi connectivity index (χ3v) is 4.39. The van der Waals surface area contributed by atoms with Crippen LogP contribution >= 0.6 is 0 Å². The van der Waals surface area contributed by atoms with Crippen molar-refractivity contribution in [3.8, 4) is 0 Å². The summed E-state index contributed by atoms with van der Waals surface area (Å²) in [7, 11) is -1.24. The van der Waals surface area contributed by atoms with Gasteiger partial charge in [0.05, 0.1) is 4.75 Å². The maximum atomic E-state index is 12.0. The fourth-order valence-corrected chi connectivity index (χ4v) is 2.44. The summed E-state index contributed by atoms with van der Waals surface area (Å²) in [4.78, 5) is 6.68. The van der Waals surface area contributed by atoms with E-state index in [0.717, 1.165) is 37.6 Å². The van der Waals surface area contributed by atoms with Gasteiger partial charge in [-0.3, -0.25) is 0 Å². The molecule has 5 nitrogen and oxygen atoms in total. The summed E-state index contributed by atoms with van der Waals surface area (Å²) in [5.74, 6) is 0.920. The van der Waals surface area contributed by atoms with Crippen molar-refractivity contribution in [2.75, 3.05) is 31.1 Å². The third-order valence-electron chi connectivity index (χ3n) is 3.04. The Balaban J connectivity index is 2.19. The van der Waals surface area contributed by atoms with Crippen LogP contribution in [0.25, 0.3) is 0 Å². The molecule has 2 heterocycles. The van der Waals surface area contributed by atoms with Crippen LogP contribution in [0.1, 0.15) is 26.3 Å². The van der Waals surface area contributed by atoms with E-state index >= 15 is 0 Å². The molecule has 0 amide bonds. The topological polar surface area (TPSA) is 57.6 Å². The number of rotatable bonds is 3. The number of pyridine rings is 1. The van der Waals surface area contributed by atoms with Gasteiger partial charge >= 0.3 is 0 Å². The average molecular weight is 294 g/mol. The smallest absolute Gasteiger partial charge is 0.144 e. The van der Waals surface area contributed by atoms with E-state index < -0.39 is 11.0 Å². The molecule has 0 saturated carbocycles. The quantitative estimate of drug-likeness (QED) is 0.856. The number of hydrogen-bond acceptors (Lipinski definition) is 4. The predicted molar refractivity (Wildman–Crippen MR) is 84.8 cm³/mol. The maximum Gasteiger partial charge on any atom is 0.144 e. The van der Waals surface area contributed by atoms with Gasteiger partial charge in [0.2, 0.25) is 0 Å². The van der Waals surface area contributed by atoms with Gasteiger partial charge in [-0.25, -0.2) is 9.19 Å². The zero-order valence-electron chi connectivity index (χ0n) is 12.3. The highest BCUT2D eigenvalue weighted by Crippen LogP contribution is 2.17. The summed E-state index contributed by atoms with van der Waals surface area (Å²) in [5, 5.41) is 3.32. The Bertz CT molecular complexity index is 504. The van der Waals surface area contributed by atoms with Crippen LogP contribution < -0.4 is 10.2 Å². The van der Waals surface area contributed by atoms with Crippen molar-refractivity contribution >= 4 is 23.0 Å². The molecule has 2 rings (SSSR count). The van der Waals surface area contributed by atoms with Crippen LogP contribution in [0.5, 0.6) is 0 Å². The van der Waals surface area contributed by atoms with Crippen LogP contribution in [0, 0.1) is 0 Å². The highest BCUT2D eigenvalue weighted by atomic mass is 32.2. The minimum absolute atomic E-state index is 0.339. The third kappa shape index (κ3) is 3.86. The number of aromatic nitrogens is 1. The lowest BCUT2D eigenvalue weighted by Gasteiger charge is -2.29. The van der Waals surface area contributed by atoms with Crippen molar-refractivity contribution in [2.45, 2.75) is 25.5 Å². The number of anilines is 1. The summed E-state index contributed by atoms with van der Waals surface area (Å²) in [6.07, 6.45) is 3.47. The van der Waals surface area contributed by atoms with Crippen molar-refractivity contribution in [3.63, 3.8) is 0 Å². The minimum Gasteiger partial charge on any atom is -0.354 e. The van der Waals surface area contributed by atoms with Crippen LogP contribution in [-0.4, -0.2) is 46.3 Å². The highest BCUT2D eigenvalue weighted by molar-refractivity contribution is 7.85. The van der Waals surface area contributed by atoms with Crippen LogP contribution in [-0.2, 0) is 11.0 Å². The van der Waals surface area contributed by atoms with Crippen LogP contribution in [0.4, 0.5) is 5.82 Å². The highest BCUT2D eigenvalue weighted by Gasteiger charge is 2.19. The molecule has 1 aliphatic heterocycles. The van der Waals surface area contributed by atoms with Crippen molar-refractivity contribution in [2.24, 2.45) is 4.40 Å². The van der Waals surface area contributed by atoms with Gasteiger partial charge < -0.3 is 10.2 Å². The molecule has 1 fully saturated rings. The number of nitrogens with one attached hydrogen (secondary N) is 1. The van der Waals surface area contributed by atoms with Gasteiger partial charge in [-0.15, -0.1) is 0 Å². The SMILES string of the molecule is CC(C)(C)S(=O)/N=C/c1cccnc1N1CCNCC1. The summed E-state index contributed by atoms with van der Waals surface area (Å²) < 4.78 is 15.8. The van der Waals surface area contributed by atoms with Crippen molar-refractivity contribution < 1.29 is 4.21 Å². The lowest BCUT2D eigenvalue weighted by molar-refractivity contribution is 0.585. The van der Waals surface area contributed by atoms with E-state index in [0.29, 0.717) is 0 Å². The van der Waals surface area contributed by atoms with Crippen molar-refractivity contribution in [1.82, 2.24) is 10.3 Å². The normalized spacial score (nSPS) is 18.4. The molecule has 1 unspecified atom stereocenters. The van der Waals surface area contributed by atoms with Crippen molar-refractivity contribution in [3.05, 3.63) is 23.9 Å². The summed E-state index contributed by atoms with van der Waals surface area (Å²) in [6, 6.07) is 3.85. The zero-order chi connectivity index (χ0) is 14.6.